The molecule has 0 unspecified atom stereocenters. The number of hydrogen-bond acceptors (Lipinski definition) is 2. The minimum atomic E-state index is -0.439. The van der Waals surface area contributed by atoms with Crippen LogP contribution in [0.5, 0.6) is 0 Å². The minimum Gasteiger partial charge on any atom is -0.351 e. The van der Waals surface area contributed by atoms with E-state index >= 15 is 0 Å². The van der Waals surface area contributed by atoms with Crippen molar-refractivity contribution in [1.82, 2.24) is 10.2 Å². The molecule has 0 heterocycles. The molecular formula is C20H21ClN2O2. The van der Waals surface area contributed by atoms with Crippen molar-refractivity contribution in [3.63, 3.8) is 0 Å². The molecule has 0 saturated heterocycles. The molecule has 1 aliphatic carbocycles. The van der Waals surface area contributed by atoms with Gasteiger partial charge in [0.25, 0.3) is 5.91 Å². The van der Waals surface area contributed by atoms with Crippen LogP contribution >= 0.6 is 11.6 Å². The Morgan fingerprint density at radius 3 is 2.36 bits per heavy atom. The number of rotatable bonds is 5. The molecule has 1 N–H and O–H groups in total. The summed E-state index contributed by atoms with van der Waals surface area (Å²) in [7, 11) is 3.45. The Bertz CT molecular complexity index is 796. The van der Waals surface area contributed by atoms with E-state index in [0.717, 1.165) is 24.0 Å². The first-order chi connectivity index (χ1) is 11.9. The van der Waals surface area contributed by atoms with E-state index in [1.54, 1.807) is 31.1 Å². The van der Waals surface area contributed by atoms with Gasteiger partial charge in [0.15, 0.2) is 0 Å². The first-order valence-electron chi connectivity index (χ1n) is 8.27. The van der Waals surface area contributed by atoms with Gasteiger partial charge in [-0.25, -0.2) is 0 Å². The zero-order valence-corrected chi connectivity index (χ0v) is 15.1. The van der Waals surface area contributed by atoms with Gasteiger partial charge in [-0.05, 0) is 48.2 Å². The van der Waals surface area contributed by atoms with Crippen molar-refractivity contribution in [2.24, 2.45) is 0 Å². The van der Waals surface area contributed by atoms with Crippen molar-refractivity contribution in [3.8, 4) is 0 Å². The van der Waals surface area contributed by atoms with E-state index in [1.807, 2.05) is 36.4 Å². The van der Waals surface area contributed by atoms with Crippen molar-refractivity contribution in [2.75, 3.05) is 14.1 Å². The van der Waals surface area contributed by atoms with Gasteiger partial charge in [0, 0.05) is 31.2 Å². The number of benzene rings is 2. The number of halogens is 1. The number of carbonyl (C=O) groups excluding carboxylic acids is 2. The van der Waals surface area contributed by atoms with Crippen LogP contribution in [0.15, 0.2) is 48.5 Å². The van der Waals surface area contributed by atoms with Crippen LogP contribution in [0.25, 0.3) is 0 Å². The molecule has 0 atom stereocenters. The summed E-state index contributed by atoms with van der Waals surface area (Å²) in [6, 6.07) is 14.8. The molecule has 0 spiro atoms. The van der Waals surface area contributed by atoms with Crippen molar-refractivity contribution >= 4 is 23.4 Å². The predicted molar refractivity (Wildman–Crippen MR) is 98.7 cm³/mol. The van der Waals surface area contributed by atoms with Crippen molar-refractivity contribution in [2.45, 2.75) is 24.8 Å². The molecule has 4 nitrogen and oxygen atoms in total. The molecule has 25 heavy (non-hydrogen) atoms. The van der Waals surface area contributed by atoms with Gasteiger partial charge >= 0.3 is 0 Å². The molecule has 3 rings (SSSR count). The van der Waals surface area contributed by atoms with E-state index < -0.39 is 5.41 Å². The Labute approximate surface area is 152 Å². The largest absolute Gasteiger partial charge is 0.351 e. The van der Waals surface area contributed by atoms with Gasteiger partial charge < -0.3 is 10.2 Å². The van der Waals surface area contributed by atoms with Crippen LogP contribution < -0.4 is 5.32 Å². The molecule has 0 aromatic heterocycles. The third kappa shape index (κ3) is 3.69. The van der Waals surface area contributed by atoms with Gasteiger partial charge in [-0.1, -0.05) is 35.9 Å². The van der Waals surface area contributed by atoms with Gasteiger partial charge in [0.05, 0.1) is 5.41 Å². The van der Waals surface area contributed by atoms with Crippen LogP contribution in [0.4, 0.5) is 0 Å². The van der Waals surface area contributed by atoms with Crippen LogP contribution in [0.2, 0.25) is 5.02 Å². The monoisotopic (exact) mass is 356 g/mol. The Morgan fingerprint density at radius 1 is 1.12 bits per heavy atom. The number of hydrogen-bond donors (Lipinski definition) is 1. The Balaban J connectivity index is 1.64. The van der Waals surface area contributed by atoms with Crippen LogP contribution in [-0.4, -0.2) is 30.8 Å². The van der Waals surface area contributed by atoms with E-state index in [4.69, 9.17) is 11.6 Å². The lowest BCUT2D eigenvalue weighted by Crippen LogP contribution is -2.34. The molecule has 2 aromatic rings. The van der Waals surface area contributed by atoms with Crippen molar-refractivity contribution in [3.05, 3.63) is 70.2 Å². The van der Waals surface area contributed by atoms with E-state index in [1.165, 1.54) is 0 Å². The average molecular weight is 357 g/mol. The number of carbonyl (C=O) groups is 2. The van der Waals surface area contributed by atoms with Crippen LogP contribution in [0, 0.1) is 0 Å². The highest BCUT2D eigenvalue weighted by molar-refractivity contribution is 6.30. The zero-order chi connectivity index (χ0) is 18.0. The molecule has 0 bridgehead atoms. The summed E-state index contributed by atoms with van der Waals surface area (Å²) in [5.74, 6) is -0.00307. The summed E-state index contributed by atoms with van der Waals surface area (Å²) < 4.78 is 0. The molecule has 0 radical (unpaired) electrons. The summed E-state index contributed by atoms with van der Waals surface area (Å²) in [5.41, 5.74) is 2.14. The lowest BCUT2D eigenvalue weighted by molar-refractivity contribution is -0.123. The summed E-state index contributed by atoms with van der Waals surface area (Å²) >= 11 is 6.06. The van der Waals surface area contributed by atoms with E-state index in [0.29, 0.717) is 17.1 Å². The highest BCUT2D eigenvalue weighted by Crippen LogP contribution is 2.48. The summed E-state index contributed by atoms with van der Waals surface area (Å²) in [6.07, 6.45) is 1.69. The number of nitrogens with one attached hydrogen (secondary N) is 1. The molecule has 1 aliphatic rings. The van der Waals surface area contributed by atoms with Crippen molar-refractivity contribution in [1.29, 1.82) is 0 Å². The van der Waals surface area contributed by atoms with Gasteiger partial charge in [-0.3, -0.25) is 9.59 Å². The van der Waals surface area contributed by atoms with Crippen LogP contribution in [-0.2, 0) is 16.8 Å². The lowest BCUT2D eigenvalue weighted by Gasteiger charge is -2.16. The maximum Gasteiger partial charge on any atom is 0.253 e. The highest BCUT2D eigenvalue weighted by Gasteiger charge is 2.51. The first-order valence-corrected chi connectivity index (χ1v) is 8.65. The normalized spacial score (nSPS) is 14.7. The highest BCUT2D eigenvalue weighted by atomic mass is 35.5. The summed E-state index contributed by atoms with van der Waals surface area (Å²) in [5, 5.41) is 3.66. The summed E-state index contributed by atoms with van der Waals surface area (Å²) in [4.78, 5) is 26.1. The fraction of sp³-hybridized carbons (Fsp3) is 0.300. The molecule has 0 aliphatic heterocycles. The topological polar surface area (TPSA) is 49.4 Å². The summed E-state index contributed by atoms with van der Waals surface area (Å²) in [6.45, 7) is 0.442. The second kappa shape index (κ2) is 6.89. The van der Waals surface area contributed by atoms with Gasteiger partial charge in [-0.2, -0.15) is 0 Å². The Hall–Kier alpha value is -2.33. The lowest BCUT2D eigenvalue weighted by atomic mass is 9.95. The first kappa shape index (κ1) is 17.5. The molecular weight excluding hydrogens is 336 g/mol. The number of amides is 2. The second-order valence-corrected chi connectivity index (χ2v) is 7.11. The third-order valence-electron chi connectivity index (χ3n) is 4.62. The molecule has 2 amide bonds. The third-order valence-corrected chi connectivity index (χ3v) is 4.86. The fourth-order valence-corrected chi connectivity index (χ4v) is 3.12. The molecule has 5 heteroatoms. The maximum absolute atomic E-state index is 12.7. The van der Waals surface area contributed by atoms with Gasteiger partial charge in [0.2, 0.25) is 5.91 Å². The smallest absolute Gasteiger partial charge is 0.253 e. The quantitative estimate of drug-likeness (QED) is 0.892. The van der Waals surface area contributed by atoms with E-state index in [9.17, 15) is 9.59 Å². The number of nitrogens with zero attached hydrogens (tertiary/aromatic N) is 1. The van der Waals surface area contributed by atoms with Crippen molar-refractivity contribution < 1.29 is 9.59 Å². The minimum absolute atomic E-state index is 0.0308. The van der Waals surface area contributed by atoms with Gasteiger partial charge in [-0.15, -0.1) is 0 Å². The second-order valence-electron chi connectivity index (χ2n) is 6.67. The maximum atomic E-state index is 12.7. The van der Waals surface area contributed by atoms with Gasteiger partial charge in [0.1, 0.15) is 0 Å². The zero-order valence-electron chi connectivity index (χ0n) is 14.4. The fourth-order valence-electron chi connectivity index (χ4n) is 2.93. The Morgan fingerprint density at radius 2 is 1.80 bits per heavy atom. The molecule has 130 valence electrons. The average Bonchev–Trinajstić information content (AvgIpc) is 3.41. The molecule has 1 saturated carbocycles. The van der Waals surface area contributed by atoms with Crippen LogP contribution in [0.1, 0.15) is 34.3 Å². The van der Waals surface area contributed by atoms with E-state index in [2.05, 4.69) is 5.32 Å². The van der Waals surface area contributed by atoms with Crippen LogP contribution in [0.3, 0.4) is 0 Å². The standard InChI is InChI=1S/C20H21ClN2O2/c1-23(2)18(24)15-8-6-14(7-9-15)13-22-19(25)20(10-11-20)16-4-3-5-17(21)12-16/h3-9,12H,10-11,13H2,1-2H3,(H,22,25). The SMILES string of the molecule is CN(C)C(=O)c1ccc(CNC(=O)C2(c3cccc(Cl)c3)CC2)cc1. The molecule has 2 aromatic carbocycles. The predicted octanol–water partition coefficient (Wildman–Crippen LogP) is 3.39. The molecule has 1 fully saturated rings. The van der Waals surface area contributed by atoms with E-state index in [-0.39, 0.29) is 11.8 Å². The Kier molecular flexibility index (Phi) is 4.82.